The number of fused-ring (bicyclic) bond motifs is 1. The zero-order chi connectivity index (χ0) is 17.8. The number of benzene rings is 1. The summed E-state index contributed by atoms with van der Waals surface area (Å²) in [6.45, 7) is 5.37. The summed E-state index contributed by atoms with van der Waals surface area (Å²) >= 11 is 0. The number of carbonyl (C=O) groups is 1. The van der Waals surface area contributed by atoms with Gasteiger partial charge in [-0.25, -0.2) is 4.68 Å². The largest absolute Gasteiger partial charge is 0.350 e. The van der Waals surface area contributed by atoms with Crippen LogP contribution in [0.1, 0.15) is 29.4 Å². The topological polar surface area (TPSA) is 81.8 Å². The summed E-state index contributed by atoms with van der Waals surface area (Å²) in [4.78, 5) is 24.7. The molecule has 0 saturated heterocycles. The zero-order valence-corrected chi connectivity index (χ0v) is 14.4. The van der Waals surface area contributed by atoms with E-state index in [9.17, 15) is 9.59 Å². The monoisotopic (exact) mass is 339 g/mol. The number of rotatable bonds is 6. The van der Waals surface area contributed by atoms with Crippen molar-refractivity contribution in [2.24, 2.45) is 0 Å². The van der Waals surface area contributed by atoms with Gasteiger partial charge in [0.05, 0.1) is 29.9 Å². The first-order valence-electron chi connectivity index (χ1n) is 8.37. The average molecular weight is 339 g/mol. The maximum Gasteiger partial charge on any atom is 0.274 e. The minimum Gasteiger partial charge on any atom is -0.350 e. The molecule has 0 spiro atoms. The minimum atomic E-state index is -0.186. The summed E-state index contributed by atoms with van der Waals surface area (Å²) in [7, 11) is 0. The van der Waals surface area contributed by atoms with Gasteiger partial charge in [-0.05, 0) is 19.4 Å². The highest BCUT2D eigenvalue weighted by molar-refractivity contribution is 5.95. The van der Waals surface area contributed by atoms with Crippen LogP contribution in [0.3, 0.4) is 0 Å². The number of nitrogens with one attached hydrogen (secondary N) is 1. The number of aryl methyl sites for hydroxylation is 1. The van der Waals surface area contributed by atoms with Crippen LogP contribution < -0.4 is 10.9 Å². The van der Waals surface area contributed by atoms with Gasteiger partial charge in [0.15, 0.2) is 0 Å². The van der Waals surface area contributed by atoms with Crippen molar-refractivity contribution in [2.45, 2.75) is 33.4 Å². The molecule has 25 heavy (non-hydrogen) atoms. The molecule has 0 aliphatic carbocycles. The third kappa shape index (κ3) is 3.45. The lowest BCUT2D eigenvalue weighted by Gasteiger charge is -2.08. The molecule has 2 heterocycles. The van der Waals surface area contributed by atoms with Crippen molar-refractivity contribution >= 4 is 16.7 Å². The molecule has 0 saturated carbocycles. The van der Waals surface area contributed by atoms with E-state index in [2.05, 4.69) is 22.4 Å². The van der Waals surface area contributed by atoms with Gasteiger partial charge in [0.1, 0.15) is 0 Å². The van der Waals surface area contributed by atoms with E-state index < -0.39 is 0 Å². The fraction of sp³-hybridized carbons (Fsp3) is 0.333. The van der Waals surface area contributed by atoms with Crippen LogP contribution in [0.15, 0.2) is 41.5 Å². The van der Waals surface area contributed by atoms with E-state index in [-0.39, 0.29) is 11.5 Å². The molecular formula is C18H21N5O2. The highest BCUT2D eigenvalue weighted by Crippen LogP contribution is 2.08. The van der Waals surface area contributed by atoms with Crippen molar-refractivity contribution < 1.29 is 4.79 Å². The Hall–Kier alpha value is -2.96. The van der Waals surface area contributed by atoms with Gasteiger partial charge < -0.3 is 5.32 Å². The first-order valence-corrected chi connectivity index (χ1v) is 8.37. The Labute approximate surface area is 145 Å². The van der Waals surface area contributed by atoms with E-state index in [1.54, 1.807) is 18.5 Å². The van der Waals surface area contributed by atoms with Crippen molar-refractivity contribution in [2.75, 3.05) is 6.54 Å². The highest BCUT2D eigenvalue weighted by Gasteiger charge is 2.13. The maximum absolute atomic E-state index is 12.4. The van der Waals surface area contributed by atoms with Crippen LogP contribution in [-0.4, -0.2) is 32.0 Å². The van der Waals surface area contributed by atoms with Gasteiger partial charge in [0.2, 0.25) is 0 Å². The fourth-order valence-corrected chi connectivity index (χ4v) is 2.76. The molecule has 1 N–H and O–H groups in total. The lowest BCUT2D eigenvalue weighted by Crippen LogP contribution is -2.32. The number of hydrogen-bond donors (Lipinski definition) is 1. The van der Waals surface area contributed by atoms with Crippen molar-refractivity contribution in [1.29, 1.82) is 0 Å². The first kappa shape index (κ1) is 16.9. The molecule has 0 fully saturated rings. The highest BCUT2D eigenvalue weighted by atomic mass is 16.2. The Morgan fingerprint density at radius 2 is 1.88 bits per heavy atom. The SMILES string of the molecule is CCCn1ncc(C(=O)NCCn2ncc3ccccc3c2=O)c1C. The summed E-state index contributed by atoms with van der Waals surface area (Å²) in [6, 6.07) is 7.33. The van der Waals surface area contributed by atoms with Gasteiger partial charge in [-0.15, -0.1) is 0 Å². The standard InChI is InChI=1S/C18H21N5O2/c1-3-9-22-13(2)16(12-21-22)17(24)19-8-10-23-18(25)15-7-5-4-6-14(15)11-20-23/h4-7,11-12H,3,8-10H2,1-2H3,(H,19,24). The molecule has 0 radical (unpaired) electrons. The van der Waals surface area contributed by atoms with Gasteiger partial charge in [-0.1, -0.05) is 25.1 Å². The third-order valence-corrected chi connectivity index (χ3v) is 4.15. The molecule has 7 heteroatoms. The summed E-state index contributed by atoms with van der Waals surface area (Å²) in [5, 5.41) is 12.7. The number of carbonyl (C=O) groups excluding carboxylic acids is 1. The molecule has 0 bridgehead atoms. The Morgan fingerprint density at radius 1 is 1.12 bits per heavy atom. The van der Waals surface area contributed by atoms with Gasteiger partial charge >= 0.3 is 0 Å². The minimum absolute atomic E-state index is 0.153. The Morgan fingerprint density at radius 3 is 2.68 bits per heavy atom. The summed E-state index contributed by atoms with van der Waals surface area (Å²) in [5.74, 6) is -0.186. The number of hydrogen-bond acceptors (Lipinski definition) is 4. The molecule has 1 aromatic carbocycles. The zero-order valence-electron chi connectivity index (χ0n) is 14.4. The quantitative estimate of drug-likeness (QED) is 0.742. The van der Waals surface area contributed by atoms with Crippen molar-refractivity contribution in [1.82, 2.24) is 24.9 Å². The molecule has 0 aliphatic heterocycles. The van der Waals surface area contributed by atoms with Gasteiger partial charge in [0, 0.05) is 24.2 Å². The molecule has 3 aromatic rings. The lowest BCUT2D eigenvalue weighted by molar-refractivity contribution is 0.0951. The molecule has 0 aliphatic rings. The van der Waals surface area contributed by atoms with Crippen LogP contribution in [0.2, 0.25) is 0 Å². The molecule has 2 aromatic heterocycles. The lowest BCUT2D eigenvalue weighted by atomic mass is 10.2. The van der Waals surface area contributed by atoms with Gasteiger partial charge in [-0.3, -0.25) is 14.3 Å². The van der Waals surface area contributed by atoms with E-state index in [0.717, 1.165) is 24.0 Å². The number of nitrogens with zero attached hydrogens (tertiary/aromatic N) is 4. The van der Waals surface area contributed by atoms with Crippen LogP contribution in [0, 0.1) is 6.92 Å². The molecule has 7 nitrogen and oxygen atoms in total. The van der Waals surface area contributed by atoms with E-state index in [0.29, 0.717) is 24.0 Å². The van der Waals surface area contributed by atoms with Crippen LogP contribution in [0.25, 0.3) is 10.8 Å². The summed E-state index contributed by atoms with van der Waals surface area (Å²) < 4.78 is 3.19. The number of aromatic nitrogens is 4. The third-order valence-electron chi connectivity index (χ3n) is 4.15. The maximum atomic E-state index is 12.4. The van der Waals surface area contributed by atoms with E-state index in [1.807, 2.05) is 29.8 Å². The Bertz CT molecular complexity index is 957. The Kier molecular flexibility index (Phi) is 4.92. The second kappa shape index (κ2) is 7.29. The van der Waals surface area contributed by atoms with Crippen LogP contribution in [0.4, 0.5) is 0 Å². The normalized spacial score (nSPS) is 11.0. The molecule has 130 valence electrons. The van der Waals surface area contributed by atoms with Crippen molar-refractivity contribution in [3.63, 3.8) is 0 Å². The van der Waals surface area contributed by atoms with Crippen molar-refractivity contribution in [3.05, 3.63) is 58.3 Å². The second-order valence-electron chi connectivity index (χ2n) is 5.88. The number of amides is 1. The summed E-state index contributed by atoms with van der Waals surface area (Å²) in [6.07, 6.45) is 4.21. The van der Waals surface area contributed by atoms with Crippen molar-refractivity contribution in [3.8, 4) is 0 Å². The molecular weight excluding hydrogens is 318 g/mol. The van der Waals surface area contributed by atoms with Crippen LogP contribution in [-0.2, 0) is 13.1 Å². The average Bonchev–Trinajstić information content (AvgIpc) is 2.98. The van der Waals surface area contributed by atoms with Gasteiger partial charge in [0.25, 0.3) is 11.5 Å². The molecule has 3 rings (SSSR count). The van der Waals surface area contributed by atoms with E-state index >= 15 is 0 Å². The summed E-state index contributed by atoms with van der Waals surface area (Å²) in [5.41, 5.74) is 1.26. The first-order chi connectivity index (χ1) is 12.1. The molecule has 0 unspecified atom stereocenters. The van der Waals surface area contributed by atoms with Crippen LogP contribution >= 0.6 is 0 Å². The Balaban J connectivity index is 1.66. The molecule has 1 amide bonds. The smallest absolute Gasteiger partial charge is 0.274 e. The molecule has 0 atom stereocenters. The van der Waals surface area contributed by atoms with E-state index in [4.69, 9.17) is 0 Å². The second-order valence-corrected chi connectivity index (χ2v) is 5.88. The predicted molar refractivity (Wildman–Crippen MR) is 95.6 cm³/mol. The predicted octanol–water partition coefficient (Wildman–Crippen LogP) is 1.74. The van der Waals surface area contributed by atoms with Crippen LogP contribution in [0.5, 0.6) is 0 Å². The fourth-order valence-electron chi connectivity index (χ4n) is 2.76. The van der Waals surface area contributed by atoms with Gasteiger partial charge in [-0.2, -0.15) is 10.2 Å². The van der Waals surface area contributed by atoms with E-state index in [1.165, 1.54) is 4.68 Å².